The summed E-state index contributed by atoms with van der Waals surface area (Å²) in [5.41, 5.74) is 0. The Balaban J connectivity index is 3.91. The lowest BCUT2D eigenvalue weighted by Gasteiger charge is -2.28. The number of phosphoric acid groups is 1. The van der Waals surface area contributed by atoms with Gasteiger partial charge in [-0.3, -0.25) is 14.2 Å². The zero-order valence-corrected chi connectivity index (χ0v) is 62.2. The van der Waals surface area contributed by atoms with Gasteiger partial charge in [0.2, 0.25) is 0 Å². The highest BCUT2D eigenvalue weighted by Gasteiger charge is 2.22. The fourth-order valence-electron chi connectivity index (χ4n) is 12.1. The highest BCUT2D eigenvalue weighted by atomic mass is 31.2. The second kappa shape index (κ2) is 72.2. The van der Waals surface area contributed by atoms with Crippen molar-refractivity contribution in [2.75, 3.05) is 47.5 Å². The lowest BCUT2D eigenvalue weighted by Crippen LogP contribution is -2.37. The predicted octanol–water partition coefficient (Wildman–Crippen LogP) is 25.7. The maximum Gasteiger partial charge on any atom is 0.306 e. The topological polar surface area (TPSA) is 111 Å². The molecule has 0 rings (SSSR count). The summed E-state index contributed by atoms with van der Waals surface area (Å²) in [7, 11) is 1.19. The number of esters is 2. The van der Waals surface area contributed by atoms with Crippen molar-refractivity contribution in [2.45, 2.75) is 412 Å². The Hall–Kier alpha value is -2.03. The van der Waals surface area contributed by atoms with E-state index in [2.05, 4.69) is 62.5 Å². The van der Waals surface area contributed by atoms with Gasteiger partial charge in [0.05, 0.1) is 27.7 Å². The van der Waals surface area contributed by atoms with Crippen LogP contribution in [-0.4, -0.2) is 70.0 Å². The van der Waals surface area contributed by atoms with Crippen LogP contribution < -0.4 is 4.89 Å². The van der Waals surface area contributed by atoms with E-state index in [9.17, 15) is 19.0 Å². The van der Waals surface area contributed by atoms with Crippen LogP contribution in [0.1, 0.15) is 406 Å². The first kappa shape index (κ1) is 89.0. The molecule has 0 bridgehead atoms. The monoisotopic (exact) mass is 1300 g/mol. The Morgan fingerprint density at radius 1 is 0.352 bits per heavy atom. The highest BCUT2D eigenvalue weighted by Crippen LogP contribution is 2.38. The van der Waals surface area contributed by atoms with E-state index in [-0.39, 0.29) is 32.0 Å². The molecule has 0 aliphatic rings. The molecular formula is C81H154NO8P. The second-order valence-electron chi connectivity index (χ2n) is 28.4. The van der Waals surface area contributed by atoms with E-state index in [1.54, 1.807) is 0 Å². The summed E-state index contributed by atoms with van der Waals surface area (Å²) in [6, 6.07) is 0. The molecule has 0 aromatic rings. The van der Waals surface area contributed by atoms with Crippen LogP contribution in [0.4, 0.5) is 0 Å². The molecular weight excluding hydrogens is 1150 g/mol. The molecule has 0 heterocycles. The van der Waals surface area contributed by atoms with Crippen molar-refractivity contribution in [1.29, 1.82) is 0 Å². The van der Waals surface area contributed by atoms with Gasteiger partial charge in [0.1, 0.15) is 19.8 Å². The summed E-state index contributed by atoms with van der Waals surface area (Å²) in [5.74, 6) is -0.807. The van der Waals surface area contributed by atoms with Crippen molar-refractivity contribution >= 4 is 19.8 Å². The summed E-state index contributed by atoms with van der Waals surface area (Å²) in [6.07, 6.45) is 95.3. The third kappa shape index (κ3) is 76.9. The third-order valence-electron chi connectivity index (χ3n) is 18.1. The standard InChI is InChI=1S/C81H154NO8P/c1-6-8-10-12-14-16-18-20-22-24-26-28-30-32-34-36-38-40-41-42-44-46-48-50-52-54-56-58-60-62-64-66-68-70-72-74-81(84)90-79(78-89-91(85,86)88-76-75-82(3,4)5)77-87-80(83)73-71-69-67-65-63-61-59-57-55-53-51-49-47-45-43-39-37-35-33-31-29-27-25-23-21-19-17-15-13-11-9-7-2/h8,10,14,16,20,22,26,28,79H,6-7,9,11-13,15,17-19,21,23-25,27,29-78H2,1-5H3/b10-8-,16-14-,22-20-,28-26-. The average molecular weight is 1300 g/mol. The van der Waals surface area contributed by atoms with Crippen molar-refractivity contribution in [3.05, 3.63) is 48.6 Å². The van der Waals surface area contributed by atoms with Crippen LogP contribution in [0.15, 0.2) is 48.6 Å². The van der Waals surface area contributed by atoms with Crippen LogP contribution >= 0.6 is 7.82 Å². The minimum Gasteiger partial charge on any atom is -0.756 e. The quantitative estimate of drug-likeness (QED) is 0.0195. The molecule has 0 radical (unpaired) electrons. The van der Waals surface area contributed by atoms with Crippen LogP contribution in [0.5, 0.6) is 0 Å². The van der Waals surface area contributed by atoms with Gasteiger partial charge in [-0.05, 0) is 51.4 Å². The number of carbonyl (C=O) groups is 2. The van der Waals surface area contributed by atoms with Gasteiger partial charge in [0.25, 0.3) is 7.82 Å². The maximum atomic E-state index is 12.9. The number of nitrogens with zero attached hydrogens (tertiary/aromatic N) is 1. The number of rotatable bonds is 75. The van der Waals surface area contributed by atoms with Gasteiger partial charge in [-0.1, -0.05) is 390 Å². The molecule has 536 valence electrons. The van der Waals surface area contributed by atoms with Crippen molar-refractivity contribution in [3.8, 4) is 0 Å². The third-order valence-corrected chi connectivity index (χ3v) is 19.1. The van der Waals surface area contributed by atoms with Crippen molar-refractivity contribution in [1.82, 2.24) is 0 Å². The van der Waals surface area contributed by atoms with Gasteiger partial charge < -0.3 is 27.9 Å². The van der Waals surface area contributed by atoms with E-state index in [0.29, 0.717) is 17.4 Å². The minimum absolute atomic E-state index is 0.0274. The molecule has 2 unspecified atom stereocenters. The van der Waals surface area contributed by atoms with E-state index in [1.165, 1.54) is 315 Å². The Morgan fingerprint density at radius 3 is 0.934 bits per heavy atom. The molecule has 9 nitrogen and oxygen atoms in total. The number of unbranched alkanes of at least 4 members (excludes halogenated alkanes) is 53. The summed E-state index contributed by atoms with van der Waals surface area (Å²) in [4.78, 5) is 38.2. The lowest BCUT2D eigenvalue weighted by atomic mass is 10.0. The summed E-state index contributed by atoms with van der Waals surface area (Å²) in [6.45, 7) is 4.21. The average Bonchev–Trinajstić information content (AvgIpc) is 3.73. The van der Waals surface area contributed by atoms with Crippen LogP contribution in [0, 0.1) is 0 Å². The van der Waals surface area contributed by atoms with Crippen LogP contribution in [0.2, 0.25) is 0 Å². The van der Waals surface area contributed by atoms with Gasteiger partial charge in [-0.2, -0.15) is 0 Å². The minimum atomic E-state index is -4.64. The zero-order valence-electron chi connectivity index (χ0n) is 61.3. The fourth-order valence-corrected chi connectivity index (χ4v) is 12.8. The first-order valence-corrected chi connectivity index (χ1v) is 41.3. The largest absolute Gasteiger partial charge is 0.756 e. The summed E-state index contributed by atoms with van der Waals surface area (Å²) in [5, 5.41) is 0. The van der Waals surface area contributed by atoms with Crippen LogP contribution in [0.3, 0.4) is 0 Å². The van der Waals surface area contributed by atoms with E-state index < -0.39 is 26.5 Å². The normalized spacial score (nSPS) is 13.3. The zero-order chi connectivity index (χ0) is 66.2. The van der Waals surface area contributed by atoms with Gasteiger partial charge in [-0.15, -0.1) is 0 Å². The first-order chi connectivity index (χ1) is 44.5. The number of phosphoric ester groups is 1. The molecule has 0 spiro atoms. The van der Waals surface area contributed by atoms with E-state index in [1.807, 2.05) is 21.1 Å². The van der Waals surface area contributed by atoms with Gasteiger partial charge in [-0.25, -0.2) is 0 Å². The number of hydrogen-bond acceptors (Lipinski definition) is 8. The molecule has 0 aromatic carbocycles. The molecule has 0 saturated heterocycles. The summed E-state index contributed by atoms with van der Waals surface area (Å²) >= 11 is 0. The molecule has 10 heteroatoms. The Bertz CT molecular complexity index is 1670. The molecule has 0 amide bonds. The molecule has 0 fully saturated rings. The number of allylic oxidation sites excluding steroid dienone is 8. The van der Waals surface area contributed by atoms with Crippen molar-refractivity contribution in [3.63, 3.8) is 0 Å². The SMILES string of the molecule is CC/C=C\C/C=C\C/C=C\C/C=C\CCCCCCCCCCCCCCCCCCCCCCCCC(=O)OC(COC(=O)CCCCCCCCCCCCCCCCCCCCCCCCCCCCCCCCCC)COP(=O)([O-])OCC[N+](C)(C)C. The molecule has 0 aliphatic heterocycles. The van der Waals surface area contributed by atoms with E-state index >= 15 is 0 Å². The second-order valence-corrected chi connectivity index (χ2v) is 29.8. The van der Waals surface area contributed by atoms with Crippen molar-refractivity contribution < 1.29 is 42.1 Å². The molecule has 2 atom stereocenters. The predicted molar refractivity (Wildman–Crippen MR) is 393 cm³/mol. The van der Waals surface area contributed by atoms with E-state index in [0.717, 1.165) is 57.8 Å². The first-order valence-electron chi connectivity index (χ1n) is 39.8. The lowest BCUT2D eigenvalue weighted by molar-refractivity contribution is -0.870. The Kier molecular flexibility index (Phi) is 70.6. The molecule has 0 aromatic heterocycles. The molecule has 0 saturated carbocycles. The number of ether oxygens (including phenoxy) is 2. The van der Waals surface area contributed by atoms with Crippen molar-refractivity contribution in [2.24, 2.45) is 0 Å². The van der Waals surface area contributed by atoms with Gasteiger partial charge in [0, 0.05) is 12.8 Å². The number of hydrogen-bond donors (Lipinski definition) is 0. The molecule has 91 heavy (non-hydrogen) atoms. The Morgan fingerprint density at radius 2 is 0.626 bits per heavy atom. The smallest absolute Gasteiger partial charge is 0.306 e. The fraction of sp³-hybridized carbons (Fsp3) is 0.877. The summed E-state index contributed by atoms with van der Waals surface area (Å²) < 4.78 is 34.4. The highest BCUT2D eigenvalue weighted by molar-refractivity contribution is 7.45. The molecule has 0 N–H and O–H groups in total. The van der Waals surface area contributed by atoms with Gasteiger partial charge in [0.15, 0.2) is 6.10 Å². The number of carbonyl (C=O) groups excluding carboxylic acids is 2. The van der Waals surface area contributed by atoms with E-state index in [4.69, 9.17) is 18.5 Å². The molecule has 0 aliphatic carbocycles. The Labute approximate surface area is 566 Å². The van der Waals surface area contributed by atoms with Gasteiger partial charge >= 0.3 is 11.9 Å². The number of quaternary nitrogens is 1. The maximum absolute atomic E-state index is 12.9. The van der Waals surface area contributed by atoms with Crippen LogP contribution in [-0.2, 0) is 32.7 Å². The van der Waals surface area contributed by atoms with Crippen LogP contribution in [0.25, 0.3) is 0 Å². The number of likely N-dealkylation sites (N-methyl/N-ethyl adjacent to an activating group) is 1.